The van der Waals surface area contributed by atoms with E-state index in [4.69, 9.17) is 17.0 Å². The Morgan fingerprint density at radius 3 is 2.88 bits per heavy atom. The molecule has 0 spiro atoms. The second kappa shape index (κ2) is 7.31. The van der Waals surface area contributed by atoms with Crippen LogP contribution in [0, 0.1) is 11.7 Å². The minimum absolute atomic E-state index is 0.0419. The largest absolute Gasteiger partial charge is 0.504 e. The number of aromatic amines is 1. The molecule has 0 unspecified atom stereocenters. The molecule has 0 radical (unpaired) electrons. The first-order chi connectivity index (χ1) is 12.1. The van der Waals surface area contributed by atoms with Gasteiger partial charge in [-0.25, -0.2) is 5.10 Å². The summed E-state index contributed by atoms with van der Waals surface area (Å²) >= 11 is 5.27. The Labute approximate surface area is 150 Å². The molecule has 0 saturated heterocycles. The Morgan fingerprint density at radius 1 is 1.32 bits per heavy atom. The maximum Gasteiger partial charge on any atom is 0.216 e. The number of hydrogen-bond donors (Lipinski definition) is 2. The third kappa shape index (κ3) is 3.61. The fourth-order valence-corrected chi connectivity index (χ4v) is 2.58. The van der Waals surface area contributed by atoms with Gasteiger partial charge in [0.2, 0.25) is 4.77 Å². The van der Waals surface area contributed by atoms with Crippen molar-refractivity contribution in [3.05, 3.63) is 58.4 Å². The number of H-pyrrole nitrogens is 1. The summed E-state index contributed by atoms with van der Waals surface area (Å²) in [5.41, 5.74) is 2.55. The van der Waals surface area contributed by atoms with E-state index < -0.39 is 0 Å². The van der Waals surface area contributed by atoms with E-state index in [1.54, 1.807) is 18.2 Å². The van der Waals surface area contributed by atoms with Crippen molar-refractivity contribution in [1.82, 2.24) is 14.9 Å². The summed E-state index contributed by atoms with van der Waals surface area (Å²) < 4.78 is 7.28. The van der Waals surface area contributed by atoms with Crippen LogP contribution in [0.1, 0.15) is 18.1 Å². The smallest absolute Gasteiger partial charge is 0.216 e. The van der Waals surface area contributed by atoms with Crippen molar-refractivity contribution in [1.29, 1.82) is 0 Å². The molecule has 2 N–H and O–H groups in total. The van der Waals surface area contributed by atoms with E-state index >= 15 is 0 Å². The van der Waals surface area contributed by atoms with Crippen LogP contribution in [0.2, 0.25) is 0 Å². The normalized spacial score (nSPS) is 11.1. The van der Waals surface area contributed by atoms with Crippen molar-refractivity contribution < 1.29 is 9.84 Å². The van der Waals surface area contributed by atoms with Gasteiger partial charge in [-0.1, -0.05) is 29.8 Å². The quantitative estimate of drug-likeness (QED) is 0.538. The van der Waals surface area contributed by atoms with Crippen LogP contribution in [0.15, 0.2) is 47.6 Å². The molecule has 0 amide bonds. The third-order valence-corrected chi connectivity index (χ3v) is 3.83. The number of para-hydroxylation sites is 1. The molecule has 128 valence electrons. The molecule has 3 aromatic rings. The molecule has 1 aromatic heterocycles. The number of aromatic hydroxyl groups is 1. The van der Waals surface area contributed by atoms with Crippen molar-refractivity contribution in [2.24, 2.45) is 5.10 Å². The third-order valence-electron chi connectivity index (χ3n) is 3.57. The Morgan fingerprint density at radius 2 is 2.12 bits per heavy atom. The highest BCUT2D eigenvalue weighted by Gasteiger charge is 2.09. The van der Waals surface area contributed by atoms with E-state index in [9.17, 15) is 5.11 Å². The summed E-state index contributed by atoms with van der Waals surface area (Å²) in [5, 5.41) is 21.7. The fourth-order valence-electron chi connectivity index (χ4n) is 2.41. The van der Waals surface area contributed by atoms with Crippen LogP contribution >= 0.6 is 12.2 Å². The highest BCUT2D eigenvalue weighted by molar-refractivity contribution is 7.71. The van der Waals surface area contributed by atoms with E-state index in [2.05, 4.69) is 15.3 Å². The second-order valence-corrected chi connectivity index (χ2v) is 5.79. The maximum absolute atomic E-state index is 10.3. The lowest BCUT2D eigenvalue weighted by Crippen LogP contribution is -1.97. The SMILES string of the molecule is CCOc1cccc(/C=N/n2c(-c3cccc(C)c3)n[nH]c2=S)c1O. The number of nitrogens with one attached hydrogen (secondary N) is 1. The Kier molecular flexibility index (Phi) is 4.95. The molecule has 0 fully saturated rings. The average Bonchev–Trinajstić information content (AvgIpc) is 2.97. The number of phenols is 1. The summed E-state index contributed by atoms with van der Waals surface area (Å²) in [7, 11) is 0. The zero-order valence-electron chi connectivity index (χ0n) is 13.9. The van der Waals surface area contributed by atoms with Crippen molar-refractivity contribution in [2.75, 3.05) is 6.61 Å². The minimum atomic E-state index is 0.0419. The minimum Gasteiger partial charge on any atom is -0.504 e. The number of aromatic nitrogens is 3. The Bertz CT molecular complexity index is 975. The zero-order valence-corrected chi connectivity index (χ0v) is 14.7. The summed E-state index contributed by atoms with van der Waals surface area (Å²) in [6.45, 7) is 4.34. The van der Waals surface area contributed by atoms with Gasteiger partial charge in [0.1, 0.15) is 0 Å². The molecular weight excluding hydrogens is 336 g/mol. The lowest BCUT2D eigenvalue weighted by atomic mass is 10.1. The van der Waals surface area contributed by atoms with E-state index in [0.717, 1.165) is 11.1 Å². The summed E-state index contributed by atoms with van der Waals surface area (Å²) in [4.78, 5) is 0. The molecular formula is C18H18N4O2S. The van der Waals surface area contributed by atoms with Gasteiger partial charge in [0.15, 0.2) is 17.3 Å². The van der Waals surface area contributed by atoms with Crippen LogP contribution < -0.4 is 4.74 Å². The molecule has 0 aliphatic carbocycles. The van der Waals surface area contributed by atoms with Gasteiger partial charge >= 0.3 is 0 Å². The van der Waals surface area contributed by atoms with Gasteiger partial charge in [-0.05, 0) is 44.3 Å². The number of phenolic OH excluding ortho intramolecular Hbond substituents is 1. The number of ether oxygens (including phenoxy) is 1. The van der Waals surface area contributed by atoms with Crippen molar-refractivity contribution in [3.63, 3.8) is 0 Å². The van der Waals surface area contributed by atoms with Crippen molar-refractivity contribution >= 4 is 18.4 Å². The topological polar surface area (TPSA) is 75.4 Å². The summed E-state index contributed by atoms with van der Waals surface area (Å²) in [6.07, 6.45) is 1.53. The highest BCUT2D eigenvalue weighted by Crippen LogP contribution is 2.28. The lowest BCUT2D eigenvalue weighted by Gasteiger charge is -2.07. The van der Waals surface area contributed by atoms with Crippen molar-refractivity contribution in [2.45, 2.75) is 13.8 Å². The Balaban J connectivity index is 1.99. The van der Waals surface area contributed by atoms with Crippen LogP contribution in [0.3, 0.4) is 0 Å². The van der Waals surface area contributed by atoms with Gasteiger partial charge in [-0.15, -0.1) is 0 Å². The predicted octanol–water partition coefficient (Wildman–Crippen LogP) is 3.90. The van der Waals surface area contributed by atoms with Crippen LogP contribution in [0.5, 0.6) is 11.5 Å². The summed E-state index contributed by atoms with van der Waals surface area (Å²) in [6, 6.07) is 13.2. The molecule has 0 saturated carbocycles. The molecule has 0 aliphatic rings. The van der Waals surface area contributed by atoms with Gasteiger partial charge < -0.3 is 9.84 Å². The number of rotatable bonds is 5. The number of hydrogen-bond acceptors (Lipinski definition) is 5. The lowest BCUT2D eigenvalue weighted by molar-refractivity contribution is 0.318. The van der Waals surface area contributed by atoms with Crippen LogP contribution in [0.25, 0.3) is 11.4 Å². The molecule has 0 bridgehead atoms. The standard InChI is InChI=1S/C18H18N4O2S/c1-3-24-15-9-5-8-14(16(15)23)11-19-22-17(20-21-18(22)25)13-7-4-6-12(2)10-13/h4-11,23H,3H2,1-2H3,(H,21,25)/b19-11+. The molecule has 0 aliphatic heterocycles. The van der Waals surface area contributed by atoms with Gasteiger partial charge in [0.05, 0.1) is 12.8 Å². The highest BCUT2D eigenvalue weighted by atomic mass is 32.1. The Hall–Kier alpha value is -2.93. The molecule has 6 nitrogen and oxygen atoms in total. The van der Waals surface area contributed by atoms with Gasteiger partial charge in [0, 0.05) is 11.1 Å². The molecule has 2 aromatic carbocycles. The molecule has 3 rings (SSSR count). The fraction of sp³-hybridized carbons (Fsp3) is 0.167. The molecule has 7 heteroatoms. The monoisotopic (exact) mass is 354 g/mol. The first-order valence-corrected chi connectivity index (χ1v) is 8.24. The van der Waals surface area contributed by atoms with Crippen LogP contribution in [-0.2, 0) is 0 Å². The number of benzene rings is 2. The number of nitrogens with zero attached hydrogens (tertiary/aromatic N) is 3. The van der Waals surface area contributed by atoms with Crippen LogP contribution in [0.4, 0.5) is 0 Å². The van der Waals surface area contributed by atoms with Gasteiger partial charge in [-0.3, -0.25) is 0 Å². The van der Waals surface area contributed by atoms with Crippen molar-refractivity contribution in [3.8, 4) is 22.9 Å². The predicted molar refractivity (Wildman–Crippen MR) is 99.9 cm³/mol. The van der Waals surface area contributed by atoms with Crippen LogP contribution in [-0.4, -0.2) is 32.8 Å². The zero-order chi connectivity index (χ0) is 17.8. The van der Waals surface area contributed by atoms with E-state index in [0.29, 0.717) is 28.5 Å². The first kappa shape index (κ1) is 16.9. The maximum atomic E-state index is 10.3. The van der Waals surface area contributed by atoms with E-state index in [1.807, 2.05) is 38.1 Å². The number of aryl methyl sites for hydroxylation is 1. The molecule has 1 heterocycles. The summed E-state index contributed by atoms with van der Waals surface area (Å²) in [5.74, 6) is 1.06. The van der Waals surface area contributed by atoms with Gasteiger partial charge in [0.25, 0.3) is 0 Å². The van der Waals surface area contributed by atoms with E-state index in [1.165, 1.54) is 10.9 Å². The van der Waals surface area contributed by atoms with Gasteiger partial charge in [-0.2, -0.15) is 14.9 Å². The van der Waals surface area contributed by atoms with E-state index in [-0.39, 0.29) is 5.75 Å². The molecule has 0 atom stereocenters. The second-order valence-electron chi connectivity index (χ2n) is 5.41. The first-order valence-electron chi connectivity index (χ1n) is 7.83. The molecule has 25 heavy (non-hydrogen) atoms. The average molecular weight is 354 g/mol.